The van der Waals surface area contributed by atoms with Crippen LogP contribution in [0, 0.1) is 12.7 Å². The van der Waals surface area contributed by atoms with Gasteiger partial charge in [0.25, 0.3) is 5.91 Å². The van der Waals surface area contributed by atoms with Crippen molar-refractivity contribution in [2.24, 2.45) is 0 Å². The highest BCUT2D eigenvalue weighted by atomic mass is 19.1. The molecule has 0 aliphatic rings. The molecule has 6 heteroatoms. The van der Waals surface area contributed by atoms with Crippen LogP contribution < -0.4 is 10.1 Å². The Labute approximate surface area is 144 Å². The summed E-state index contributed by atoms with van der Waals surface area (Å²) >= 11 is 0. The molecule has 3 rings (SSSR count). The zero-order valence-corrected chi connectivity index (χ0v) is 13.6. The largest absolute Gasteiger partial charge is 0.472 e. The lowest BCUT2D eigenvalue weighted by molar-refractivity contribution is 0.102. The smallest absolute Gasteiger partial charge is 0.275 e. The van der Waals surface area contributed by atoms with Crippen LogP contribution in [0.1, 0.15) is 21.6 Å². The summed E-state index contributed by atoms with van der Waals surface area (Å²) in [6.07, 6.45) is 2.74. The lowest BCUT2D eigenvalue weighted by Crippen LogP contribution is -2.15. The van der Waals surface area contributed by atoms with Crippen molar-refractivity contribution in [2.45, 2.75) is 13.5 Å². The molecule has 2 aromatic carbocycles. The number of carbonyl (C=O) groups is 1. The highest BCUT2D eigenvalue weighted by Crippen LogP contribution is 2.16. The molecular weight excluding hydrogens is 321 g/mol. The van der Waals surface area contributed by atoms with Crippen molar-refractivity contribution in [3.8, 4) is 5.88 Å². The van der Waals surface area contributed by atoms with Gasteiger partial charge in [-0.15, -0.1) is 0 Å². The summed E-state index contributed by atoms with van der Waals surface area (Å²) in [5.41, 5.74) is 2.32. The number of halogens is 1. The average Bonchev–Trinajstić information content (AvgIpc) is 2.63. The number of aryl methyl sites for hydroxylation is 1. The number of rotatable bonds is 5. The molecule has 0 atom stereocenters. The third-order valence-corrected chi connectivity index (χ3v) is 3.53. The van der Waals surface area contributed by atoms with E-state index >= 15 is 0 Å². The molecule has 0 bridgehead atoms. The average molecular weight is 337 g/mol. The Kier molecular flexibility index (Phi) is 4.99. The molecule has 1 heterocycles. The maximum atomic E-state index is 13.1. The number of nitrogens with one attached hydrogen (secondary N) is 1. The van der Waals surface area contributed by atoms with Crippen molar-refractivity contribution < 1.29 is 13.9 Å². The number of anilines is 1. The Morgan fingerprint density at radius 1 is 1.12 bits per heavy atom. The zero-order chi connectivity index (χ0) is 17.6. The van der Waals surface area contributed by atoms with Gasteiger partial charge in [0, 0.05) is 5.69 Å². The molecule has 126 valence electrons. The predicted molar refractivity (Wildman–Crippen MR) is 91.9 cm³/mol. The number of ether oxygens (including phenoxy) is 1. The number of carbonyl (C=O) groups excluding carboxylic acids is 1. The van der Waals surface area contributed by atoms with Crippen LogP contribution in [0.2, 0.25) is 0 Å². The quantitative estimate of drug-likeness (QED) is 0.770. The molecule has 1 aromatic heterocycles. The zero-order valence-electron chi connectivity index (χ0n) is 13.6. The Morgan fingerprint density at radius 3 is 2.60 bits per heavy atom. The van der Waals surface area contributed by atoms with Crippen molar-refractivity contribution in [1.82, 2.24) is 9.97 Å². The first kappa shape index (κ1) is 16.6. The fourth-order valence-electron chi connectivity index (χ4n) is 2.19. The van der Waals surface area contributed by atoms with Crippen molar-refractivity contribution in [3.63, 3.8) is 0 Å². The first-order chi connectivity index (χ1) is 12.1. The van der Waals surface area contributed by atoms with Crippen LogP contribution in [-0.4, -0.2) is 15.9 Å². The summed E-state index contributed by atoms with van der Waals surface area (Å²) < 4.78 is 18.6. The number of hydrogen-bond acceptors (Lipinski definition) is 4. The second-order valence-electron chi connectivity index (χ2n) is 5.43. The van der Waals surface area contributed by atoms with Crippen molar-refractivity contribution in [2.75, 3.05) is 5.32 Å². The summed E-state index contributed by atoms with van der Waals surface area (Å²) in [7, 11) is 0. The Morgan fingerprint density at radius 2 is 1.92 bits per heavy atom. The van der Waals surface area contributed by atoms with Gasteiger partial charge in [-0.2, -0.15) is 0 Å². The van der Waals surface area contributed by atoms with E-state index in [0.29, 0.717) is 23.7 Å². The topological polar surface area (TPSA) is 64.1 Å². The molecule has 25 heavy (non-hydrogen) atoms. The van der Waals surface area contributed by atoms with E-state index in [1.807, 2.05) is 30.3 Å². The predicted octanol–water partition coefficient (Wildman–Crippen LogP) is 3.76. The van der Waals surface area contributed by atoms with Gasteiger partial charge >= 0.3 is 0 Å². The molecule has 0 unspecified atom stereocenters. The van der Waals surface area contributed by atoms with E-state index in [0.717, 1.165) is 5.56 Å². The highest BCUT2D eigenvalue weighted by molar-refractivity contribution is 6.03. The normalized spacial score (nSPS) is 10.3. The molecule has 0 spiro atoms. The van der Waals surface area contributed by atoms with Gasteiger partial charge in [-0.05, 0) is 36.2 Å². The van der Waals surface area contributed by atoms with E-state index in [2.05, 4.69) is 15.3 Å². The summed E-state index contributed by atoms with van der Waals surface area (Å²) in [5, 5.41) is 2.68. The molecule has 5 nitrogen and oxygen atoms in total. The fraction of sp³-hybridized carbons (Fsp3) is 0.105. The van der Waals surface area contributed by atoms with Crippen molar-refractivity contribution >= 4 is 11.6 Å². The summed E-state index contributed by atoms with van der Waals surface area (Å²) in [4.78, 5) is 20.3. The molecule has 0 fully saturated rings. The molecule has 1 N–H and O–H groups in total. The van der Waals surface area contributed by atoms with E-state index in [4.69, 9.17) is 4.74 Å². The number of hydrogen-bond donors (Lipinski definition) is 1. The fourth-order valence-corrected chi connectivity index (χ4v) is 2.19. The van der Waals surface area contributed by atoms with E-state index in [1.54, 1.807) is 6.92 Å². The molecule has 0 radical (unpaired) electrons. The monoisotopic (exact) mass is 337 g/mol. The van der Waals surface area contributed by atoms with E-state index in [1.165, 1.54) is 30.6 Å². The van der Waals surface area contributed by atoms with Gasteiger partial charge in [0.15, 0.2) is 0 Å². The molecule has 1 amide bonds. The lowest BCUT2D eigenvalue weighted by Gasteiger charge is -2.08. The summed E-state index contributed by atoms with van der Waals surface area (Å²) in [6, 6.07) is 13.8. The van der Waals surface area contributed by atoms with Crippen molar-refractivity contribution in [3.05, 3.63) is 83.6 Å². The summed E-state index contributed by atoms with van der Waals surface area (Å²) in [5.74, 6) is -0.439. The maximum absolute atomic E-state index is 13.1. The Bertz CT molecular complexity index is 868. The number of nitrogens with zero attached hydrogens (tertiary/aromatic N) is 2. The minimum absolute atomic E-state index is 0.149. The second kappa shape index (κ2) is 7.53. The SMILES string of the molecule is Cc1cc(F)ccc1NC(=O)c1cnc(OCc2ccccc2)cn1. The van der Waals surface area contributed by atoms with Gasteiger partial charge < -0.3 is 10.1 Å². The van der Waals surface area contributed by atoms with Gasteiger partial charge in [-0.25, -0.2) is 14.4 Å². The summed E-state index contributed by atoms with van der Waals surface area (Å²) in [6.45, 7) is 2.08. The van der Waals surface area contributed by atoms with Crippen LogP contribution in [0.5, 0.6) is 5.88 Å². The number of benzene rings is 2. The number of aromatic nitrogens is 2. The lowest BCUT2D eigenvalue weighted by atomic mass is 10.2. The minimum atomic E-state index is -0.420. The van der Waals surface area contributed by atoms with E-state index in [9.17, 15) is 9.18 Å². The van der Waals surface area contributed by atoms with Crippen LogP contribution in [0.15, 0.2) is 60.9 Å². The van der Waals surface area contributed by atoms with Gasteiger partial charge in [-0.1, -0.05) is 30.3 Å². The molecule has 0 saturated carbocycles. The highest BCUT2D eigenvalue weighted by Gasteiger charge is 2.10. The van der Waals surface area contributed by atoms with Crippen LogP contribution in [0.3, 0.4) is 0 Å². The Balaban J connectivity index is 1.62. The minimum Gasteiger partial charge on any atom is -0.472 e. The van der Waals surface area contributed by atoms with Gasteiger partial charge in [-0.3, -0.25) is 4.79 Å². The molecule has 0 aliphatic carbocycles. The van der Waals surface area contributed by atoms with Crippen LogP contribution in [0.4, 0.5) is 10.1 Å². The van der Waals surface area contributed by atoms with E-state index < -0.39 is 5.91 Å². The maximum Gasteiger partial charge on any atom is 0.275 e. The standard InChI is InChI=1S/C19H16FN3O2/c1-13-9-15(20)7-8-16(13)23-19(24)17-10-22-18(11-21-17)25-12-14-5-3-2-4-6-14/h2-11H,12H2,1H3,(H,23,24). The Hall–Kier alpha value is -3.28. The molecular formula is C19H16FN3O2. The first-order valence-corrected chi connectivity index (χ1v) is 7.68. The van der Waals surface area contributed by atoms with Crippen molar-refractivity contribution in [1.29, 1.82) is 0 Å². The number of amides is 1. The third kappa shape index (κ3) is 4.38. The van der Waals surface area contributed by atoms with Gasteiger partial charge in [0.05, 0.1) is 12.4 Å². The molecule has 0 saturated heterocycles. The van der Waals surface area contributed by atoms with E-state index in [-0.39, 0.29) is 11.5 Å². The van der Waals surface area contributed by atoms with Gasteiger partial charge in [0.1, 0.15) is 18.1 Å². The van der Waals surface area contributed by atoms with Crippen LogP contribution >= 0.6 is 0 Å². The third-order valence-electron chi connectivity index (χ3n) is 3.53. The van der Waals surface area contributed by atoms with Crippen LogP contribution in [-0.2, 0) is 6.61 Å². The second-order valence-corrected chi connectivity index (χ2v) is 5.43. The van der Waals surface area contributed by atoms with Crippen LogP contribution in [0.25, 0.3) is 0 Å². The van der Waals surface area contributed by atoms with Gasteiger partial charge in [0.2, 0.25) is 5.88 Å². The molecule has 3 aromatic rings. The first-order valence-electron chi connectivity index (χ1n) is 7.68. The molecule has 0 aliphatic heterocycles.